The highest BCUT2D eigenvalue weighted by Crippen LogP contribution is 2.38. The van der Waals surface area contributed by atoms with Crippen molar-refractivity contribution in [3.05, 3.63) is 53.1 Å². The maximum Gasteiger partial charge on any atom is 0.203 e. The van der Waals surface area contributed by atoms with Crippen LogP contribution in [0.5, 0.6) is 17.2 Å². The maximum atomic E-state index is 13.1. The first-order valence-electron chi connectivity index (χ1n) is 8.74. The number of hydrogen-bond acceptors (Lipinski definition) is 6. The number of nitrogens with one attached hydrogen (secondary N) is 1. The Morgan fingerprint density at radius 2 is 1.59 bits per heavy atom. The van der Waals surface area contributed by atoms with Crippen LogP contribution in [0.3, 0.4) is 0 Å². The summed E-state index contributed by atoms with van der Waals surface area (Å²) in [6.07, 6.45) is 0. The van der Waals surface area contributed by atoms with Crippen molar-refractivity contribution >= 4 is 11.6 Å². The molecule has 2 aromatic carbocycles. The fourth-order valence-electron chi connectivity index (χ4n) is 3.13. The molecule has 0 spiro atoms. The van der Waals surface area contributed by atoms with Gasteiger partial charge in [0.2, 0.25) is 5.75 Å². The molecule has 1 aliphatic rings. The number of rotatable bonds is 6. The normalized spacial score (nSPS) is 18.5. The third-order valence-electron chi connectivity index (χ3n) is 4.65. The summed E-state index contributed by atoms with van der Waals surface area (Å²) in [4.78, 5) is 17.8. The number of nitrogens with zero attached hydrogens (tertiary/aromatic N) is 1. The summed E-state index contributed by atoms with van der Waals surface area (Å²) >= 11 is 0. The summed E-state index contributed by atoms with van der Waals surface area (Å²) in [7, 11) is 4.58. The Morgan fingerprint density at radius 3 is 2.11 bits per heavy atom. The molecule has 2 atom stereocenters. The molecule has 1 N–H and O–H groups in total. The van der Waals surface area contributed by atoms with Crippen molar-refractivity contribution in [2.45, 2.75) is 25.9 Å². The van der Waals surface area contributed by atoms with Gasteiger partial charge in [0.25, 0.3) is 0 Å². The van der Waals surface area contributed by atoms with E-state index in [4.69, 9.17) is 14.2 Å². The summed E-state index contributed by atoms with van der Waals surface area (Å²) in [6, 6.07) is 10.7. The van der Waals surface area contributed by atoms with E-state index in [2.05, 4.69) is 10.3 Å². The van der Waals surface area contributed by atoms with Crippen LogP contribution in [0.2, 0.25) is 0 Å². The number of aliphatic imine (C=N–C) groups is 1. The summed E-state index contributed by atoms with van der Waals surface area (Å²) in [6.45, 7) is 3.98. The van der Waals surface area contributed by atoms with E-state index >= 15 is 0 Å². The Kier molecular flexibility index (Phi) is 5.35. The van der Waals surface area contributed by atoms with Gasteiger partial charge in [0, 0.05) is 11.1 Å². The summed E-state index contributed by atoms with van der Waals surface area (Å²) in [5.74, 6) is 1.98. The second-order valence-corrected chi connectivity index (χ2v) is 6.50. The quantitative estimate of drug-likeness (QED) is 0.794. The average molecular weight is 368 g/mol. The standard InChI is InChI=1S/C21H24N2O4/c1-12-6-8-14(9-7-12)21-22-13(2)18(23-21)19(24)15-10-16(25-3)20(27-5)17(11-15)26-4/h6-11,13,18H,1-5H3,(H,22,23). The van der Waals surface area contributed by atoms with Gasteiger partial charge >= 0.3 is 0 Å². The summed E-state index contributed by atoms with van der Waals surface area (Å²) in [5, 5.41) is 3.31. The van der Waals surface area contributed by atoms with Crippen molar-refractivity contribution in [3.8, 4) is 17.2 Å². The topological polar surface area (TPSA) is 69.2 Å². The largest absolute Gasteiger partial charge is 0.493 e. The van der Waals surface area contributed by atoms with Gasteiger partial charge in [-0.05, 0) is 26.0 Å². The van der Waals surface area contributed by atoms with Crippen LogP contribution in [-0.2, 0) is 0 Å². The average Bonchev–Trinajstić information content (AvgIpc) is 3.08. The molecule has 0 amide bonds. The van der Waals surface area contributed by atoms with E-state index in [0.29, 0.717) is 22.8 Å². The first-order valence-corrected chi connectivity index (χ1v) is 8.74. The molecule has 0 aliphatic carbocycles. The molecular formula is C21H24N2O4. The van der Waals surface area contributed by atoms with Gasteiger partial charge in [-0.15, -0.1) is 0 Å². The van der Waals surface area contributed by atoms with Crippen LogP contribution in [0.4, 0.5) is 0 Å². The number of ether oxygens (including phenoxy) is 3. The molecule has 1 aliphatic heterocycles. The van der Waals surface area contributed by atoms with Crippen LogP contribution in [0, 0.1) is 6.92 Å². The number of methoxy groups -OCH3 is 3. The van der Waals surface area contributed by atoms with E-state index in [0.717, 1.165) is 11.4 Å². The lowest BCUT2D eigenvalue weighted by molar-refractivity contribution is 0.0954. The number of hydrogen-bond donors (Lipinski definition) is 1. The molecule has 0 saturated carbocycles. The van der Waals surface area contributed by atoms with Crippen LogP contribution in [-0.4, -0.2) is 45.0 Å². The van der Waals surface area contributed by atoms with Crippen molar-refractivity contribution in [2.24, 2.45) is 4.99 Å². The van der Waals surface area contributed by atoms with E-state index < -0.39 is 6.04 Å². The number of ketones is 1. The van der Waals surface area contributed by atoms with Gasteiger partial charge < -0.3 is 19.5 Å². The molecule has 0 fully saturated rings. The molecule has 0 bridgehead atoms. The van der Waals surface area contributed by atoms with Crippen molar-refractivity contribution < 1.29 is 19.0 Å². The highest BCUT2D eigenvalue weighted by atomic mass is 16.5. The van der Waals surface area contributed by atoms with Crippen LogP contribution in [0.15, 0.2) is 41.4 Å². The number of aryl methyl sites for hydroxylation is 1. The Balaban J connectivity index is 1.94. The Labute approximate surface area is 159 Å². The fourth-order valence-corrected chi connectivity index (χ4v) is 3.13. The summed E-state index contributed by atoms with van der Waals surface area (Å²) < 4.78 is 16.0. The van der Waals surface area contributed by atoms with Gasteiger partial charge in [0.05, 0.1) is 27.4 Å². The third-order valence-corrected chi connectivity index (χ3v) is 4.65. The molecule has 1 heterocycles. The van der Waals surface area contributed by atoms with Crippen molar-refractivity contribution in [3.63, 3.8) is 0 Å². The van der Waals surface area contributed by atoms with Crippen LogP contribution in [0.25, 0.3) is 0 Å². The Bertz CT molecular complexity index is 849. The van der Waals surface area contributed by atoms with Gasteiger partial charge in [-0.25, -0.2) is 0 Å². The monoisotopic (exact) mass is 368 g/mol. The molecule has 0 aromatic heterocycles. The van der Waals surface area contributed by atoms with Crippen LogP contribution in [0.1, 0.15) is 28.4 Å². The smallest absolute Gasteiger partial charge is 0.203 e. The molecule has 0 saturated heterocycles. The molecule has 0 radical (unpaired) electrons. The number of benzene rings is 2. The second kappa shape index (κ2) is 7.70. The molecule has 142 valence electrons. The molecule has 3 rings (SSSR count). The SMILES string of the molecule is COc1cc(C(=O)C2N=C(c3ccc(C)cc3)NC2C)cc(OC)c1OC. The lowest BCUT2D eigenvalue weighted by Crippen LogP contribution is -2.36. The number of amidine groups is 1. The van der Waals surface area contributed by atoms with E-state index in [1.165, 1.54) is 26.9 Å². The van der Waals surface area contributed by atoms with E-state index in [9.17, 15) is 4.79 Å². The first kappa shape index (κ1) is 18.8. The van der Waals surface area contributed by atoms with Gasteiger partial charge in [-0.3, -0.25) is 9.79 Å². The zero-order valence-corrected chi connectivity index (χ0v) is 16.2. The Morgan fingerprint density at radius 1 is 1.00 bits per heavy atom. The second-order valence-electron chi connectivity index (χ2n) is 6.50. The predicted molar refractivity (Wildman–Crippen MR) is 105 cm³/mol. The van der Waals surface area contributed by atoms with Crippen LogP contribution < -0.4 is 19.5 Å². The van der Waals surface area contributed by atoms with E-state index in [1.54, 1.807) is 12.1 Å². The first-order chi connectivity index (χ1) is 13.0. The fraction of sp³-hybridized carbons (Fsp3) is 0.333. The number of Topliss-reactive ketones (excluding diaryl/α,β-unsaturated/α-hetero) is 1. The van der Waals surface area contributed by atoms with Crippen molar-refractivity contribution in [2.75, 3.05) is 21.3 Å². The maximum absolute atomic E-state index is 13.1. The minimum absolute atomic E-state index is 0.101. The molecule has 2 aromatic rings. The zero-order chi connectivity index (χ0) is 19.6. The zero-order valence-electron chi connectivity index (χ0n) is 16.2. The van der Waals surface area contributed by atoms with Gasteiger partial charge in [-0.2, -0.15) is 0 Å². The molecule has 2 unspecified atom stereocenters. The van der Waals surface area contributed by atoms with Crippen molar-refractivity contribution in [1.29, 1.82) is 0 Å². The minimum atomic E-state index is -0.524. The molecule has 6 nitrogen and oxygen atoms in total. The summed E-state index contributed by atoms with van der Waals surface area (Å²) in [5.41, 5.74) is 2.61. The lowest BCUT2D eigenvalue weighted by atomic mass is 9.99. The van der Waals surface area contributed by atoms with Gasteiger partial charge in [0.1, 0.15) is 11.9 Å². The van der Waals surface area contributed by atoms with Crippen LogP contribution >= 0.6 is 0 Å². The third kappa shape index (κ3) is 3.60. The minimum Gasteiger partial charge on any atom is -0.493 e. The highest BCUT2D eigenvalue weighted by Gasteiger charge is 2.33. The predicted octanol–water partition coefficient (Wildman–Crippen LogP) is 3.01. The number of carbonyl (C=O) groups excluding carboxylic acids is 1. The number of carbonyl (C=O) groups is 1. The molecule has 27 heavy (non-hydrogen) atoms. The van der Waals surface area contributed by atoms with Gasteiger partial charge in [0.15, 0.2) is 17.3 Å². The van der Waals surface area contributed by atoms with E-state index in [1.807, 2.05) is 38.1 Å². The molecular weight excluding hydrogens is 344 g/mol. The Hall–Kier alpha value is -3.02. The molecule has 6 heteroatoms. The highest BCUT2D eigenvalue weighted by molar-refractivity contribution is 6.08. The van der Waals surface area contributed by atoms with Gasteiger partial charge in [-0.1, -0.05) is 29.8 Å². The van der Waals surface area contributed by atoms with E-state index in [-0.39, 0.29) is 11.8 Å². The van der Waals surface area contributed by atoms with Crippen molar-refractivity contribution in [1.82, 2.24) is 5.32 Å². The lowest BCUT2D eigenvalue weighted by Gasteiger charge is -2.16.